The molecule has 2 heterocycles. The number of benzene rings is 2. The van der Waals surface area contributed by atoms with Crippen molar-refractivity contribution in [3.8, 4) is 5.75 Å². The fourth-order valence-corrected chi connectivity index (χ4v) is 4.64. The second-order valence-electron chi connectivity index (χ2n) is 8.50. The standard InChI is InChI=1S/C26H26N2O4/c1-15-12-22(24-19-7-5-8-20(19)26(30)32-23(24)13-15)31-16(2)25(29)27-11-10-17-14-28-21-9-4-3-6-18(17)21/h3-4,6,9,12-14,16,28H,5,7-8,10-11H2,1-2H3,(H,27,29)/t16-/m1/s1. The van der Waals surface area contributed by atoms with Gasteiger partial charge in [0.05, 0.1) is 5.39 Å². The van der Waals surface area contributed by atoms with E-state index >= 15 is 0 Å². The zero-order valence-electron chi connectivity index (χ0n) is 18.3. The second kappa shape index (κ2) is 8.19. The van der Waals surface area contributed by atoms with Crippen LogP contribution in [0.3, 0.4) is 0 Å². The van der Waals surface area contributed by atoms with Crippen LogP contribution in [0.1, 0.15) is 35.6 Å². The van der Waals surface area contributed by atoms with E-state index in [1.54, 1.807) is 6.92 Å². The number of carbonyl (C=O) groups excluding carboxylic acids is 1. The molecule has 0 unspecified atom stereocenters. The van der Waals surface area contributed by atoms with Crippen LogP contribution in [0.5, 0.6) is 5.75 Å². The van der Waals surface area contributed by atoms with Crippen LogP contribution in [0.25, 0.3) is 21.9 Å². The Bertz CT molecular complexity index is 1380. The predicted octanol–water partition coefficient (Wildman–Crippen LogP) is 4.20. The first kappa shape index (κ1) is 20.4. The Morgan fingerprint density at radius 3 is 2.91 bits per heavy atom. The third kappa shape index (κ3) is 3.66. The van der Waals surface area contributed by atoms with Gasteiger partial charge in [-0.15, -0.1) is 0 Å². The van der Waals surface area contributed by atoms with Gasteiger partial charge in [-0.1, -0.05) is 18.2 Å². The summed E-state index contributed by atoms with van der Waals surface area (Å²) in [5, 5.41) is 4.97. The monoisotopic (exact) mass is 430 g/mol. The van der Waals surface area contributed by atoms with E-state index in [-0.39, 0.29) is 11.5 Å². The summed E-state index contributed by atoms with van der Waals surface area (Å²) in [7, 11) is 0. The van der Waals surface area contributed by atoms with Crippen LogP contribution < -0.4 is 15.7 Å². The average molecular weight is 431 g/mol. The van der Waals surface area contributed by atoms with Crippen molar-refractivity contribution >= 4 is 27.8 Å². The van der Waals surface area contributed by atoms with Crippen LogP contribution in [-0.2, 0) is 24.1 Å². The molecule has 4 aromatic rings. The summed E-state index contributed by atoms with van der Waals surface area (Å²) in [6.07, 6.45) is 4.52. The van der Waals surface area contributed by atoms with E-state index in [1.165, 1.54) is 10.9 Å². The maximum atomic E-state index is 12.7. The fourth-order valence-electron chi connectivity index (χ4n) is 4.64. The molecule has 0 aliphatic heterocycles. The van der Waals surface area contributed by atoms with E-state index in [4.69, 9.17) is 9.15 Å². The molecule has 6 heteroatoms. The maximum Gasteiger partial charge on any atom is 0.339 e. The SMILES string of the molecule is Cc1cc(O[C@H](C)C(=O)NCCc2c[nH]c3ccccc23)c2c3c(c(=O)oc2c1)CCC3. The number of aryl methyl sites for hydroxylation is 2. The van der Waals surface area contributed by atoms with Gasteiger partial charge in [0.1, 0.15) is 11.3 Å². The summed E-state index contributed by atoms with van der Waals surface area (Å²) < 4.78 is 11.7. The number of amides is 1. The average Bonchev–Trinajstić information content (AvgIpc) is 3.41. The number of nitrogens with one attached hydrogen (secondary N) is 2. The largest absolute Gasteiger partial charge is 0.480 e. The lowest BCUT2D eigenvalue weighted by molar-refractivity contribution is -0.127. The molecule has 0 fully saturated rings. The molecule has 2 aromatic heterocycles. The summed E-state index contributed by atoms with van der Waals surface area (Å²) >= 11 is 0. The van der Waals surface area contributed by atoms with Crippen LogP contribution in [0.4, 0.5) is 0 Å². The minimum absolute atomic E-state index is 0.173. The van der Waals surface area contributed by atoms with Gasteiger partial charge in [0.15, 0.2) is 6.10 Å². The number of aromatic nitrogens is 1. The summed E-state index contributed by atoms with van der Waals surface area (Å²) in [6, 6.07) is 11.9. The van der Waals surface area contributed by atoms with Gasteiger partial charge in [-0.2, -0.15) is 0 Å². The first-order valence-corrected chi connectivity index (χ1v) is 11.1. The molecule has 6 nitrogen and oxygen atoms in total. The van der Waals surface area contributed by atoms with Crippen LogP contribution in [0.15, 0.2) is 51.8 Å². The zero-order valence-corrected chi connectivity index (χ0v) is 18.3. The summed E-state index contributed by atoms with van der Waals surface area (Å²) in [6.45, 7) is 4.19. The van der Waals surface area contributed by atoms with Gasteiger partial charge in [-0.25, -0.2) is 4.79 Å². The third-order valence-electron chi connectivity index (χ3n) is 6.22. The van der Waals surface area contributed by atoms with Crippen molar-refractivity contribution < 1.29 is 13.9 Å². The van der Waals surface area contributed by atoms with Gasteiger partial charge in [0, 0.05) is 29.2 Å². The number of hydrogen-bond donors (Lipinski definition) is 2. The van der Waals surface area contributed by atoms with Gasteiger partial charge in [0.25, 0.3) is 5.91 Å². The molecule has 2 N–H and O–H groups in total. The highest BCUT2D eigenvalue weighted by Crippen LogP contribution is 2.35. The minimum Gasteiger partial charge on any atom is -0.480 e. The van der Waals surface area contributed by atoms with E-state index < -0.39 is 6.10 Å². The van der Waals surface area contributed by atoms with Gasteiger partial charge in [-0.3, -0.25) is 4.79 Å². The van der Waals surface area contributed by atoms with Crippen LogP contribution in [0, 0.1) is 6.92 Å². The van der Waals surface area contributed by atoms with Crippen LogP contribution >= 0.6 is 0 Å². The summed E-state index contributed by atoms with van der Waals surface area (Å²) in [5.74, 6) is 0.426. The quantitative estimate of drug-likeness (QED) is 0.449. The number of para-hydroxylation sites is 1. The zero-order chi connectivity index (χ0) is 22.2. The number of H-pyrrole nitrogens is 1. The second-order valence-corrected chi connectivity index (χ2v) is 8.50. The molecule has 0 spiro atoms. The number of hydrogen-bond acceptors (Lipinski definition) is 4. The van der Waals surface area contributed by atoms with Gasteiger partial charge >= 0.3 is 5.63 Å². The molecule has 1 atom stereocenters. The molecule has 0 radical (unpaired) electrons. The minimum atomic E-state index is -0.674. The number of ether oxygens (including phenoxy) is 1. The van der Waals surface area contributed by atoms with Gasteiger partial charge in [-0.05, 0) is 74.4 Å². The Kier molecular flexibility index (Phi) is 5.21. The summed E-state index contributed by atoms with van der Waals surface area (Å²) in [4.78, 5) is 28.3. The lowest BCUT2D eigenvalue weighted by atomic mass is 10.0. The van der Waals surface area contributed by atoms with E-state index in [1.807, 2.05) is 43.5 Å². The highest BCUT2D eigenvalue weighted by atomic mass is 16.5. The molecule has 1 aliphatic rings. The summed E-state index contributed by atoms with van der Waals surface area (Å²) in [5.41, 5.74) is 5.18. The normalized spacial score (nSPS) is 13.9. The number of fused-ring (bicyclic) bond motifs is 4. The van der Waals surface area contributed by atoms with Gasteiger partial charge < -0.3 is 19.5 Å². The van der Waals surface area contributed by atoms with Crippen molar-refractivity contribution in [1.82, 2.24) is 10.3 Å². The Morgan fingerprint density at radius 1 is 1.22 bits per heavy atom. The molecule has 0 saturated carbocycles. The molecular weight excluding hydrogens is 404 g/mol. The molecule has 0 bridgehead atoms. The highest BCUT2D eigenvalue weighted by molar-refractivity contribution is 5.90. The lowest BCUT2D eigenvalue weighted by Crippen LogP contribution is -2.37. The molecule has 1 aliphatic carbocycles. The van der Waals surface area contributed by atoms with Crippen molar-refractivity contribution in [2.75, 3.05) is 6.54 Å². The highest BCUT2D eigenvalue weighted by Gasteiger charge is 2.24. The van der Waals surface area contributed by atoms with Crippen molar-refractivity contribution in [1.29, 1.82) is 0 Å². The number of aromatic amines is 1. The van der Waals surface area contributed by atoms with E-state index in [2.05, 4.69) is 16.4 Å². The molecule has 2 aromatic carbocycles. The van der Waals surface area contributed by atoms with Crippen molar-refractivity contribution in [3.63, 3.8) is 0 Å². The third-order valence-corrected chi connectivity index (χ3v) is 6.22. The van der Waals surface area contributed by atoms with Crippen LogP contribution in [-0.4, -0.2) is 23.5 Å². The van der Waals surface area contributed by atoms with Gasteiger partial charge in [0.2, 0.25) is 0 Å². The fraction of sp³-hybridized carbons (Fsp3) is 0.308. The Labute approximate surface area is 185 Å². The molecule has 5 rings (SSSR count). The number of rotatable bonds is 6. The predicted molar refractivity (Wildman–Crippen MR) is 124 cm³/mol. The smallest absolute Gasteiger partial charge is 0.339 e. The topological polar surface area (TPSA) is 84.3 Å². The molecule has 32 heavy (non-hydrogen) atoms. The molecular formula is C26H26N2O4. The van der Waals surface area contributed by atoms with E-state index in [0.717, 1.165) is 53.3 Å². The molecule has 0 saturated heterocycles. The molecule has 1 amide bonds. The molecule has 164 valence electrons. The van der Waals surface area contributed by atoms with Crippen LogP contribution in [0.2, 0.25) is 0 Å². The Balaban J connectivity index is 1.31. The maximum absolute atomic E-state index is 12.7. The lowest BCUT2D eigenvalue weighted by Gasteiger charge is -2.18. The first-order valence-electron chi connectivity index (χ1n) is 11.1. The van der Waals surface area contributed by atoms with Crippen molar-refractivity contribution in [2.45, 2.75) is 45.6 Å². The van der Waals surface area contributed by atoms with Crippen molar-refractivity contribution in [2.24, 2.45) is 0 Å². The van der Waals surface area contributed by atoms with E-state index in [0.29, 0.717) is 17.9 Å². The Morgan fingerprint density at radius 2 is 2.03 bits per heavy atom. The number of carbonyl (C=O) groups is 1. The van der Waals surface area contributed by atoms with Crippen molar-refractivity contribution in [3.05, 3.63) is 75.3 Å². The van der Waals surface area contributed by atoms with E-state index in [9.17, 15) is 9.59 Å². The first-order chi connectivity index (χ1) is 15.5. The Hall–Kier alpha value is -3.54.